The minimum Gasteiger partial charge on any atom is -0.748 e. The fourth-order valence-corrected chi connectivity index (χ4v) is 1.76. The molecule has 0 saturated heterocycles. The van der Waals surface area contributed by atoms with Crippen molar-refractivity contribution in [1.82, 2.24) is 4.98 Å². The van der Waals surface area contributed by atoms with Crippen molar-refractivity contribution in [3.05, 3.63) is 18.7 Å². The topological polar surface area (TPSA) is 86.1 Å². The molecule has 20 heavy (non-hydrogen) atoms. The Morgan fingerprint density at radius 3 is 2.05 bits per heavy atom. The third-order valence-electron chi connectivity index (χ3n) is 2.12. The maximum absolute atomic E-state index is 9.83. The molecule has 0 fully saturated rings. The number of aryl methyl sites for hydroxylation is 1. The average molecular weight is 308 g/mol. The smallest absolute Gasteiger partial charge is 0.241 e. The van der Waals surface area contributed by atoms with Crippen LogP contribution < -0.4 is 4.57 Å². The first-order valence-electron chi connectivity index (χ1n) is 6.76. The molecule has 1 N–H and O–H groups in total. The van der Waals surface area contributed by atoms with E-state index in [9.17, 15) is 13.0 Å². The van der Waals surface area contributed by atoms with Gasteiger partial charge in [-0.1, -0.05) is 26.7 Å². The lowest BCUT2D eigenvalue weighted by Crippen LogP contribution is -2.29. The second kappa shape index (κ2) is 14.5. The molecule has 6 nitrogen and oxygen atoms in total. The predicted octanol–water partition coefficient (Wildman–Crippen LogP) is 1.70. The van der Waals surface area contributed by atoms with Crippen molar-refractivity contribution in [1.29, 1.82) is 0 Å². The van der Waals surface area contributed by atoms with E-state index in [1.54, 1.807) is 14.2 Å². The molecule has 0 radical (unpaired) electrons. The van der Waals surface area contributed by atoms with Gasteiger partial charge in [0.1, 0.15) is 12.4 Å². The van der Waals surface area contributed by atoms with Crippen molar-refractivity contribution in [2.45, 2.75) is 46.1 Å². The van der Waals surface area contributed by atoms with E-state index < -0.39 is 10.1 Å². The molecule has 0 unspecified atom stereocenters. The zero-order chi connectivity index (χ0) is 15.9. The molecule has 0 aliphatic carbocycles. The molecule has 0 bridgehead atoms. The molecule has 1 rings (SSSR count). The van der Waals surface area contributed by atoms with Gasteiger partial charge in [0.2, 0.25) is 6.33 Å². The maximum Gasteiger partial charge on any atom is 0.241 e. The van der Waals surface area contributed by atoms with Crippen molar-refractivity contribution in [3.63, 3.8) is 0 Å². The van der Waals surface area contributed by atoms with Crippen LogP contribution in [0.15, 0.2) is 18.7 Å². The largest absolute Gasteiger partial charge is 0.748 e. The second-order valence-electron chi connectivity index (χ2n) is 4.23. The van der Waals surface area contributed by atoms with E-state index in [0.29, 0.717) is 6.42 Å². The SMILES string of the molecule is CCCCS(=O)(=O)[O-].CCCC[n+]1cc[nH]c1.COC. The Morgan fingerprint density at radius 2 is 1.75 bits per heavy atom. The number of aromatic nitrogens is 2. The van der Waals surface area contributed by atoms with Gasteiger partial charge in [-0.05, 0) is 12.8 Å². The number of methoxy groups -OCH3 is 1. The minimum absolute atomic E-state index is 0.219. The van der Waals surface area contributed by atoms with Gasteiger partial charge in [-0.25, -0.2) is 13.0 Å². The Bertz CT molecular complexity index is 377. The molecule has 1 aromatic heterocycles. The first kappa shape index (κ1) is 21.4. The summed E-state index contributed by atoms with van der Waals surface area (Å²) < 4.78 is 35.9. The van der Waals surface area contributed by atoms with E-state index in [2.05, 4.69) is 27.4 Å². The third kappa shape index (κ3) is 19.4. The van der Waals surface area contributed by atoms with Gasteiger partial charge in [0, 0.05) is 20.0 Å². The number of hydrogen-bond acceptors (Lipinski definition) is 4. The van der Waals surface area contributed by atoms with Crippen LogP contribution in [0.25, 0.3) is 0 Å². The number of imidazole rings is 1. The number of nitrogens with one attached hydrogen (secondary N) is 1. The summed E-state index contributed by atoms with van der Waals surface area (Å²) in [6.45, 7) is 5.18. The third-order valence-corrected chi connectivity index (χ3v) is 2.91. The molecular formula is C13H28N2O4S. The lowest BCUT2D eigenvalue weighted by atomic mass is 10.3. The van der Waals surface area contributed by atoms with Crippen molar-refractivity contribution < 1.29 is 22.3 Å². The maximum atomic E-state index is 9.83. The van der Waals surface area contributed by atoms with Crippen molar-refractivity contribution in [2.24, 2.45) is 0 Å². The minimum atomic E-state index is -3.94. The number of unbranched alkanes of at least 4 members (excludes halogenated alkanes) is 2. The normalized spacial score (nSPS) is 10.1. The van der Waals surface area contributed by atoms with E-state index in [1.165, 1.54) is 12.8 Å². The highest BCUT2D eigenvalue weighted by Crippen LogP contribution is 1.90. The highest BCUT2D eigenvalue weighted by molar-refractivity contribution is 7.85. The summed E-state index contributed by atoms with van der Waals surface area (Å²) in [5, 5.41) is 0. The van der Waals surface area contributed by atoms with Crippen LogP contribution in [0, 0.1) is 0 Å². The number of H-pyrrole nitrogens is 1. The van der Waals surface area contributed by atoms with Crippen LogP contribution in [0.4, 0.5) is 0 Å². The second-order valence-corrected chi connectivity index (χ2v) is 5.75. The van der Waals surface area contributed by atoms with Gasteiger partial charge in [-0.15, -0.1) is 0 Å². The van der Waals surface area contributed by atoms with Crippen LogP contribution in [-0.2, 0) is 21.4 Å². The van der Waals surface area contributed by atoms with Crippen molar-refractivity contribution in [3.8, 4) is 0 Å². The van der Waals surface area contributed by atoms with Gasteiger partial charge in [-0.2, -0.15) is 0 Å². The molecule has 1 heterocycles. The summed E-state index contributed by atoms with van der Waals surface area (Å²) in [4.78, 5) is 3.00. The van der Waals surface area contributed by atoms with Crippen LogP contribution in [-0.4, -0.2) is 37.9 Å². The summed E-state index contributed by atoms with van der Waals surface area (Å²) in [6, 6.07) is 0. The van der Waals surface area contributed by atoms with Gasteiger partial charge < -0.3 is 9.29 Å². The molecule has 1 aromatic rings. The van der Waals surface area contributed by atoms with Gasteiger partial charge in [0.05, 0.1) is 16.7 Å². The first-order chi connectivity index (χ1) is 9.41. The average Bonchev–Trinajstić information content (AvgIpc) is 2.88. The lowest BCUT2D eigenvalue weighted by Gasteiger charge is -2.02. The van der Waals surface area contributed by atoms with Crippen LogP contribution in [0.1, 0.15) is 39.5 Å². The molecule has 0 amide bonds. The Balaban J connectivity index is 0. The Kier molecular flexibility index (Phi) is 15.5. The summed E-state index contributed by atoms with van der Waals surface area (Å²) in [5.74, 6) is -0.219. The molecule has 0 atom stereocenters. The van der Waals surface area contributed by atoms with Gasteiger partial charge in [-0.3, -0.25) is 4.98 Å². The zero-order valence-electron chi connectivity index (χ0n) is 13.0. The monoisotopic (exact) mass is 308 g/mol. The fourth-order valence-electron chi connectivity index (χ4n) is 1.12. The molecule has 120 valence electrons. The standard InChI is InChI=1S/C7H12N2.C4H10O3S.C2H6O/c1-2-3-5-9-6-4-8-7-9;1-2-3-4-8(5,6)7;1-3-2/h4,6-7H,2-3,5H2,1H3;2-4H2,1H3,(H,5,6,7);1-2H3. The van der Waals surface area contributed by atoms with Gasteiger partial charge >= 0.3 is 0 Å². The van der Waals surface area contributed by atoms with Crippen LogP contribution in [0.3, 0.4) is 0 Å². The fraction of sp³-hybridized carbons (Fsp3) is 0.769. The summed E-state index contributed by atoms with van der Waals surface area (Å²) >= 11 is 0. The van der Waals surface area contributed by atoms with E-state index in [-0.39, 0.29) is 5.75 Å². The number of aromatic amines is 1. The van der Waals surface area contributed by atoms with E-state index in [0.717, 1.165) is 13.0 Å². The molecule has 0 aromatic carbocycles. The molecule has 0 aliphatic heterocycles. The summed E-state index contributed by atoms with van der Waals surface area (Å²) in [5.41, 5.74) is 0. The Hall–Kier alpha value is -0.920. The lowest BCUT2D eigenvalue weighted by molar-refractivity contribution is -0.696. The first-order valence-corrected chi connectivity index (χ1v) is 8.34. The van der Waals surface area contributed by atoms with Gasteiger partial charge in [0.25, 0.3) is 0 Å². The number of rotatable bonds is 6. The number of nitrogens with zero attached hydrogens (tertiary/aromatic N) is 1. The highest BCUT2D eigenvalue weighted by atomic mass is 32.2. The van der Waals surface area contributed by atoms with Crippen LogP contribution >= 0.6 is 0 Å². The zero-order valence-corrected chi connectivity index (χ0v) is 13.8. The summed E-state index contributed by atoms with van der Waals surface area (Å²) in [7, 11) is -0.686. The molecular weight excluding hydrogens is 280 g/mol. The highest BCUT2D eigenvalue weighted by Gasteiger charge is 1.92. The Morgan fingerprint density at radius 1 is 1.20 bits per heavy atom. The number of ether oxygens (including phenoxy) is 1. The van der Waals surface area contributed by atoms with E-state index in [4.69, 9.17) is 0 Å². The van der Waals surface area contributed by atoms with Crippen LogP contribution in [0.2, 0.25) is 0 Å². The van der Waals surface area contributed by atoms with Crippen molar-refractivity contribution >= 4 is 10.1 Å². The molecule has 0 spiro atoms. The Labute approximate surface area is 122 Å². The van der Waals surface area contributed by atoms with E-state index in [1.807, 2.05) is 19.4 Å². The van der Waals surface area contributed by atoms with Crippen LogP contribution in [0.5, 0.6) is 0 Å². The summed E-state index contributed by atoms with van der Waals surface area (Å²) in [6.07, 6.45) is 9.73. The van der Waals surface area contributed by atoms with Crippen molar-refractivity contribution in [2.75, 3.05) is 20.0 Å². The quantitative estimate of drug-likeness (QED) is 0.640. The molecule has 0 saturated carbocycles. The van der Waals surface area contributed by atoms with E-state index >= 15 is 0 Å². The van der Waals surface area contributed by atoms with Gasteiger partial charge in [0.15, 0.2) is 0 Å². The number of hydrogen-bond donors (Lipinski definition) is 1. The predicted molar refractivity (Wildman–Crippen MR) is 78.3 cm³/mol. The molecule has 7 heteroatoms. The molecule has 0 aliphatic rings.